The van der Waals surface area contributed by atoms with Crippen LogP contribution in [0.4, 0.5) is 0 Å². The van der Waals surface area contributed by atoms with Crippen molar-refractivity contribution >= 4 is 41.9 Å². The summed E-state index contributed by atoms with van der Waals surface area (Å²) in [6.45, 7) is 1.79. The lowest BCUT2D eigenvalue weighted by atomic mass is 10.4. The van der Waals surface area contributed by atoms with Crippen molar-refractivity contribution in [2.45, 2.75) is 17.9 Å². The molecule has 0 spiro atoms. The highest BCUT2D eigenvalue weighted by Gasteiger charge is 2.18. The number of halogens is 2. The first-order chi connectivity index (χ1) is 6.97. The molecule has 1 atom stereocenters. The molecule has 15 heavy (non-hydrogen) atoms. The van der Waals surface area contributed by atoms with Crippen molar-refractivity contribution in [2.75, 3.05) is 5.33 Å². The van der Waals surface area contributed by atoms with Crippen LogP contribution in [-0.2, 0) is 10.0 Å². The summed E-state index contributed by atoms with van der Waals surface area (Å²) in [6, 6.07) is 6.60. The minimum atomic E-state index is -3.43. The van der Waals surface area contributed by atoms with Gasteiger partial charge in [0.1, 0.15) is 0 Å². The van der Waals surface area contributed by atoms with Gasteiger partial charge in [-0.3, -0.25) is 0 Å². The molecule has 0 bridgehead atoms. The quantitative estimate of drug-likeness (QED) is 0.842. The predicted octanol–water partition coefficient (Wildman–Crippen LogP) is 2.51. The Bertz CT molecular complexity index is 433. The van der Waals surface area contributed by atoms with E-state index in [1.54, 1.807) is 31.2 Å². The van der Waals surface area contributed by atoms with Crippen molar-refractivity contribution in [1.82, 2.24) is 4.72 Å². The van der Waals surface area contributed by atoms with E-state index in [-0.39, 0.29) is 10.9 Å². The van der Waals surface area contributed by atoms with E-state index in [0.717, 1.165) is 0 Å². The van der Waals surface area contributed by atoms with Crippen LogP contribution < -0.4 is 4.72 Å². The molecular formula is C9H11Br2NO2S. The van der Waals surface area contributed by atoms with E-state index >= 15 is 0 Å². The number of nitrogens with one attached hydrogen (secondary N) is 1. The van der Waals surface area contributed by atoms with Gasteiger partial charge >= 0.3 is 0 Å². The molecule has 0 aliphatic heterocycles. The summed E-state index contributed by atoms with van der Waals surface area (Å²) < 4.78 is 26.8. The second-order valence-electron chi connectivity index (χ2n) is 3.11. The van der Waals surface area contributed by atoms with Crippen LogP contribution in [0.1, 0.15) is 6.92 Å². The highest BCUT2D eigenvalue weighted by Crippen LogP contribution is 2.21. The van der Waals surface area contributed by atoms with Crippen molar-refractivity contribution < 1.29 is 8.42 Å². The van der Waals surface area contributed by atoms with E-state index < -0.39 is 10.0 Å². The molecule has 0 fully saturated rings. The summed E-state index contributed by atoms with van der Waals surface area (Å²) in [5, 5.41) is 0.580. The fraction of sp³-hybridized carbons (Fsp3) is 0.333. The zero-order valence-corrected chi connectivity index (χ0v) is 12.1. The van der Waals surface area contributed by atoms with E-state index in [2.05, 4.69) is 36.6 Å². The summed E-state index contributed by atoms with van der Waals surface area (Å²) in [5.41, 5.74) is 0. The first kappa shape index (κ1) is 13.2. The van der Waals surface area contributed by atoms with Gasteiger partial charge in [0.2, 0.25) is 10.0 Å². The average Bonchev–Trinajstić information content (AvgIpc) is 2.17. The first-order valence-electron chi connectivity index (χ1n) is 4.30. The average molecular weight is 357 g/mol. The van der Waals surface area contributed by atoms with Crippen LogP contribution in [-0.4, -0.2) is 19.8 Å². The molecule has 0 radical (unpaired) electrons. The van der Waals surface area contributed by atoms with Gasteiger partial charge in [-0.1, -0.05) is 28.1 Å². The summed E-state index contributed by atoms with van der Waals surface area (Å²) in [5.74, 6) is 0. The van der Waals surface area contributed by atoms with Gasteiger partial charge in [0.05, 0.1) is 4.90 Å². The highest BCUT2D eigenvalue weighted by atomic mass is 79.9. The van der Waals surface area contributed by atoms with Crippen molar-refractivity contribution in [3.8, 4) is 0 Å². The number of hydrogen-bond donors (Lipinski definition) is 1. The molecule has 0 heterocycles. The fourth-order valence-electron chi connectivity index (χ4n) is 1.02. The summed E-state index contributed by atoms with van der Waals surface area (Å²) >= 11 is 6.43. The Morgan fingerprint density at radius 3 is 2.53 bits per heavy atom. The minimum Gasteiger partial charge on any atom is -0.207 e. The standard InChI is InChI=1S/C9H11Br2NO2S/c1-7(6-10)12-15(13,14)9-5-3-2-4-8(9)11/h2-5,7,12H,6H2,1H3. The monoisotopic (exact) mass is 355 g/mol. The van der Waals surface area contributed by atoms with Crippen LogP contribution in [0.2, 0.25) is 0 Å². The Morgan fingerprint density at radius 2 is 2.00 bits per heavy atom. The Balaban J connectivity index is 3.02. The Kier molecular flexibility index (Phi) is 4.76. The summed E-state index contributed by atoms with van der Waals surface area (Å²) in [7, 11) is -3.43. The van der Waals surface area contributed by atoms with Crippen molar-refractivity contribution in [2.24, 2.45) is 0 Å². The summed E-state index contributed by atoms with van der Waals surface area (Å²) in [6.07, 6.45) is 0. The van der Waals surface area contributed by atoms with Crippen molar-refractivity contribution in [3.05, 3.63) is 28.7 Å². The molecule has 6 heteroatoms. The van der Waals surface area contributed by atoms with E-state index in [1.807, 2.05) is 0 Å². The molecular weight excluding hydrogens is 346 g/mol. The normalized spacial score (nSPS) is 13.8. The lowest BCUT2D eigenvalue weighted by Gasteiger charge is -2.12. The van der Waals surface area contributed by atoms with Crippen LogP contribution in [0.5, 0.6) is 0 Å². The van der Waals surface area contributed by atoms with E-state index in [9.17, 15) is 8.42 Å². The van der Waals surface area contributed by atoms with Crippen molar-refractivity contribution in [1.29, 1.82) is 0 Å². The van der Waals surface area contributed by atoms with Crippen LogP contribution in [0.25, 0.3) is 0 Å². The largest absolute Gasteiger partial charge is 0.241 e. The molecule has 1 aromatic carbocycles. The smallest absolute Gasteiger partial charge is 0.207 e. The molecule has 0 aliphatic carbocycles. The molecule has 1 rings (SSSR count). The maximum Gasteiger partial charge on any atom is 0.241 e. The molecule has 1 aromatic rings. The van der Waals surface area contributed by atoms with E-state index in [0.29, 0.717) is 9.80 Å². The van der Waals surface area contributed by atoms with Gasteiger partial charge in [-0.25, -0.2) is 13.1 Å². The molecule has 3 nitrogen and oxygen atoms in total. The van der Waals surface area contributed by atoms with Gasteiger partial charge in [-0.15, -0.1) is 0 Å². The molecule has 84 valence electrons. The lowest BCUT2D eigenvalue weighted by Crippen LogP contribution is -2.33. The van der Waals surface area contributed by atoms with Gasteiger partial charge in [-0.2, -0.15) is 0 Å². The molecule has 0 saturated heterocycles. The van der Waals surface area contributed by atoms with Gasteiger partial charge in [0, 0.05) is 15.8 Å². The third-order valence-corrected chi connectivity index (χ3v) is 5.29. The number of hydrogen-bond acceptors (Lipinski definition) is 2. The van der Waals surface area contributed by atoms with Crippen LogP contribution >= 0.6 is 31.9 Å². The molecule has 1 unspecified atom stereocenters. The van der Waals surface area contributed by atoms with Crippen LogP contribution in [0.3, 0.4) is 0 Å². The van der Waals surface area contributed by atoms with Gasteiger partial charge < -0.3 is 0 Å². The van der Waals surface area contributed by atoms with Crippen LogP contribution in [0, 0.1) is 0 Å². The maximum atomic E-state index is 11.9. The van der Waals surface area contributed by atoms with Crippen molar-refractivity contribution in [3.63, 3.8) is 0 Å². The Hall–Kier alpha value is 0.0900. The first-order valence-corrected chi connectivity index (χ1v) is 7.70. The fourth-order valence-corrected chi connectivity index (χ4v) is 3.65. The SMILES string of the molecule is CC(CBr)NS(=O)(=O)c1ccccc1Br. The predicted molar refractivity (Wildman–Crippen MR) is 67.7 cm³/mol. The number of alkyl halides is 1. The zero-order chi connectivity index (χ0) is 11.5. The van der Waals surface area contributed by atoms with E-state index in [1.165, 1.54) is 0 Å². The number of rotatable bonds is 4. The summed E-state index contributed by atoms with van der Waals surface area (Å²) in [4.78, 5) is 0.262. The van der Waals surface area contributed by atoms with Crippen LogP contribution in [0.15, 0.2) is 33.6 Å². The highest BCUT2D eigenvalue weighted by molar-refractivity contribution is 9.10. The Labute approximate surface area is 107 Å². The number of benzene rings is 1. The lowest BCUT2D eigenvalue weighted by molar-refractivity contribution is 0.571. The Morgan fingerprint density at radius 1 is 1.40 bits per heavy atom. The zero-order valence-electron chi connectivity index (χ0n) is 8.07. The van der Waals surface area contributed by atoms with E-state index in [4.69, 9.17) is 0 Å². The second-order valence-corrected chi connectivity index (χ2v) is 6.29. The minimum absolute atomic E-state index is 0.137. The molecule has 0 aromatic heterocycles. The molecule has 0 amide bonds. The maximum absolute atomic E-state index is 11.9. The van der Waals surface area contributed by atoms with Gasteiger partial charge in [-0.05, 0) is 35.0 Å². The van der Waals surface area contributed by atoms with Gasteiger partial charge in [0.25, 0.3) is 0 Å². The molecule has 0 saturated carbocycles. The molecule has 0 aliphatic rings. The number of sulfonamides is 1. The molecule has 1 N–H and O–H groups in total. The topological polar surface area (TPSA) is 46.2 Å². The third kappa shape index (κ3) is 3.55. The third-order valence-electron chi connectivity index (χ3n) is 1.71. The second kappa shape index (κ2) is 5.43. The van der Waals surface area contributed by atoms with Gasteiger partial charge in [0.15, 0.2) is 0 Å².